The zero-order chi connectivity index (χ0) is 18.9. The van der Waals surface area contributed by atoms with Crippen LogP contribution in [0.15, 0.2) is 53.5 Å². The molecule has 146 valence electrons. The Morgan fingerprint density at radius 3 is 2.48 bits per heavy atom. The molecule has 0 aliphatic heterocycles. The molecular formula is C20H26FIN4O. The largest absolute Gasteiger partial charge is 0.352 e. The average molecular weight is 484 g/mol. The van der Waals surface area contributed by atoms with Crippen molar-refractivity contribution in [2.24, 2.45) is 4.99 Å². The highest BCUT2D eigenvalue weighted by Gasteiger charge is 2.09. The lowest BCUT2D eigenvalue weighted by molar-refractivity contribution is 0.0955. The third-order valence-corrected chi connectivity index (χ3v) is 3.86. The minimum Gasteiger partial charge on any atom is -0.352 e. The standard InChI is InChI=1S/C20H25FN4O.HI/c1-4-23-19(26)17-9-5-7-15(11-17)13-24-20(22-2)25(3)14-16-8-6-10-18(21)12-16;/h5-12H,4,13-14H2,1-3H3,(H,22,24)(H,23,26);1H. The van der Waals surface area contributed by atoms with Crippen LogP contribution in [0.2, 0.25) is 0 Å². The van der Waals surface area contributed by atoms with Crippen molar-refractivity contribution in [2.75, 3.05) is 20.6 Å². The summed E-state index contributed by atoms with van der Waals surface area (Å²) in [7, 11) is 3.60. The predicted molar refractivity (Wildman–Crippen MR) is 118 cm³/mol. The Kier molecular flexibility index (Phi) is 9.77. The molecule has 2 rings (SSSR count). The molecule has 0 aliphatic rings. The summed E-state index contributed by atoms with van der Waals surface area (Å²) >= 11 is 0. The normalized spacial score (nSPS) is 10.7. The summed E-state index contributed by atoms with van der Waals surface area (Å²) in [5.41, 5.74) is 2.48. The number of hydrogen-bond donors (Lipinski definition) is 2. The van der Waals surface area contributed by atoms with E-state index in [1.165, 1.54) is 12.1 Å². The number of nitrogens with one attached hydrogen (secondary N) is 2. The maximum absolute atomic E-state index is 13.3. The second-order valence-corrected chi connectivity index (χ2v) is 5.95. The molecule has 0 fully saturated rings. The molecular weight excluding hydrogens is 458 g/mol. The molecule has 0 bridgehead atoms. The lowest BCUT2D eigenvalue weighted by atomic mass is 10.1. The van der Waals surface area contributed by atoms with Crippen molar-refractivity contribution in [3.63, 3.8) is 0 Å². The Labute approximate surface area is 177 Å². The monoisotopic (exact) mass is 484 g/mol. The van der Waals surface area contributed by atoms with Gasteiger partial charge in [0.05, 0.1) is 0 Å². The molecule has 2 aromatic rings. The van der Waals surface area contributed by atoms with Gasteiger partial charge in [-0.3, -0.25) is 9.79 Å². The summed E-state index contributed by atoms with van der Waals surface area (Å²) < 4.78 is 13.3. The zero-order valence-corrected chi connectivity index (χ0v) is 18.2. The first-order chi connectivity index (χ1) is 12.5. The molecule has 7 heteroatoms. The maximum Gasteiger partial charge on any atom is 0.251 e. The Morgan fingerprint density at radius 2 is 1.81 bits per heavy atom. The Bertz CT molecular complexity index is 782. The van der Waals surface area contributed by atoms with Gasteiger partial charge in [-0.1, -0.05) is 24.3 Å². The molecule has 0 radical (unpaired) electrons. The van der Waals surface area contributed by atoms with Crippen molar-refractivity contribution in [3.8, 4) is 0 Å². The van der Waals surface area contributed by atoms with E-state index in [2.05, 4.69) is 15.6 Å². The highest BCUT2D eigenvalue weighted by atomic mass is 127. The fraction of sp³-hybridized carbons (Fsp3) is 0.300. The molecule has 0 saturated carbocycles. The molecule has 2 aromatic carbocycles. The van der Waals surface area contributed by atoms with E-state index in [1.807, 2.05) is 43.1 Å². The second kappa shape index (κ2) is 11.5. The summed E-state index contributed by atoms with van der Waals surface area (Å²) in [5, 5.41) is 6.06. The van der Waals surface area contributed by atoms with E-state index in [0.717, 1.165) is 11.1 Å². The molecule has 0 aromatic heterocycles. The van der Waals surface area contributed by atoms with Gasteiger partial charge in [0.1, 0.15) is 5.82 Å². The minimum absolute atomic E-state index is 0. The summed E-state index contributed by atoms with van der Waals surface area (Å²) in [5.74, 6) is 0.362. The predicted octanol–water partition coefficient (Wildman–Crippen LogP) is 3.40. The van der Waals surface area contributed by atoms with E-state index < -0.39 is 0 Å². The van der Waals surface area contributed by atoms with Gasteiger partial charge in [-0.2, -0.15) is 0 Å². The minimum atomic E-state index is -0.249. The van der Waals surface area contributed by atoms with Crippen LogP contribution in [0.25, 0.3) is 0 Å². The maximum atomic E-state index is 13.3. The molecule has 0 spiro atoms. The van der Waals surface area contributed by atoms with Gasteiger partial charge in [-0.15, -0.1) is 24.0 Å². The number of hydrogen-bond acceptors (Lipinski definition) is 2. The van der Waals surface area contributed by atoms with Gasteiger partial charge in [-0.25, -0.2) is 4.39 Å². The Balaban J connectivity index is 0.00000364. The van der Waals surface area contributed by atoms with Gasteiger partial charge >= 0.3 is 0 Å². The van der Waals surface area contributed by atoms with Crippen LogP contribution in [-0.2, 0) is 13.1 Å². The highest BCUT2D eigenvalue weighted by Crippen LogP contribution is 2.08. The van der Waals surface area contributed by atoms with Crippen molar-refractivity contribution >= 4 is 35.8 Å². The van der Waals surface area contributed by atoms with E-state index in [-0.39, 0.29) is 35.7 Å². The fourth-order valence-corrected chi connectivity index (χ4v) is 2.64. The van der Waals surface area contributed by atoms with Crippen LogP contribution in [0.3, 0.4) is 0 Å². The van der Waals surface area contributed by atoms with E-state index in [9.17, 15) is 9.18 Å². The first-order valence-corrected chi connectivity index (χ1v) is 8.57. The number of benzene rings is 2. The third-order valence-electron chi connectivity index (χ3n) is 3.86. The Hall–Kier alpha value is -2.16. The number of aliphatic imine (C=N–C) groups is 1. The van der Waals surface area contributed by atoms with Crippen LogP contribution in [-0.4, -0.2) is 37.4 Å². The van der Waals surface area contributed by atoms with Gasteiger partial charge in [0.2, 0.25) is 0 Å². The van der Waals surface area contributed by atoms with Crippen molar-refractivity contribution < 1.29 is 9.18 Å². The van der Waals surface area contributed by atoms with E-state index in [4.69, 9.17) is 0 Å². The zero-order valence-electron chi connectivity index (χ0n) is 15.8. The van der Waals surface area contributed by atoms with Crippen molar-refractivity contribution in [1.82, 2.24) is 15.5 Å². The molecule has 27 heavy (non-hydrogen) atoms. The van der Waals surface area contributed by atoms with Crippen LogP contribution < -0.4 is 10.6 Å². The number of carbonyl (C=O) groups is 1. The van der Waals surface area contributed by atoms with E-state index in [0.29, 0.717) is 31.2 Å². The van der Waals surface area contributed by atoms with Crippen LogP contribution in [0, 0.1) is 5.82 Å². The van der Waals surface area contributed by atoms with Crippen LogP contribution in [0.4, 0.5) is 4.39 Å². The molecule has 2 N–H and O–H groups in total. The smallest absolute Gasteiger partial charge is 0.251 e. The Morgan fingerprint density at radius 1 is 1.11 bits per heavy atom. The first kappa shape index (κ1) is 22.9. The summed E-state index contributed by atoms with van der Waals surface area (Å²) in [6.45, 7) is 3.56. The number of amides is 1. The third kappa shape index (κ3) is 7.16. The topological polar surface area (TPSA) is 56.7 Å². The van der Waals surface area contributed by atoms with Gasteiger partial charge in [-0.05, 0) is 42.3 Å². The van der Waals surface area contributed by atoms with Gasteiger partial charge in [0.25, 0.3) is 5.91 Å². The van der Waals surface area contributed by atoms with Crippen molar-refractivity contribution in [3.05, 3.63) is 71.0 Å². The number of halogens is 2. The molecule has 0 atom stereocenters. The van der Waals surface area contributed by atoms with E-state index >= 15 is 0 Å². The quantitative estimate of drug-likeness (QED) is 0.376. The van der Waals surface area contributed by atoms with E-state index in [1.54, 1.807) is 19.2 Å². The number of rotatable bonds is 6. The summed E-state index contributed by atoms with van der Waals surface area (Å²) in [6.07, 6.45) is 0. The number of guanidine groups is 1. The summed E-state index contributed by atoms with van der Waals surface area (Å²) in [4.78, 5) is 18.1. The van der Waals surface area contributed by atoms with Crippen LogP contribution in [0.5, 0.6) is 0 Å². The lowest BCUT2D eigenvalue weighted by Gasteiger charge is -2.22. The SMILES string of the molecule is CCNC(=O)c1cccc(CNC(=NC)N(C)Cc2cccc(F)c2)c1.I. The molecule has 0 saturated heterocycles. The first-order valence-electron chi connectivity index (χ1n) is 8.57. The number of carbonyl (C=O) groups excluding carboxylic acids is 1. The van der Waals surface area contributed by atoms with Gasteiger partial charge in [0, 0.05) is 39.3 Å². The average Bonchev–Trinajstić information content (AvgIpc) is 2.62. The van der Waals surface area contributed by atoms with Crippen LogP contribution in [0.1, 0.15) is 28.4 Å². The second-order valence-electron chi connectivity index (χ2n) is 5.95. The fourth-order valence-electron chi connectivity index (χ4n) is 2.64. The molecule has 1 amide bonds. The molecule has 0 heterocycles. The highest BCUT2D eigenvalue weighted by molar-refractivity contribution is 14.0. The van der Waals surface area contributed by atoms with Gasteiger partial charge in [0.15, 0.2) is 5.96 Å². The van der Waals surface area contributed by atoms with Crippen molar-refractivity contribution in [2.45, 2.75) is 20.0 Å². The molecule has 0 aliphatic carbocycles. The van der Waals surface area contributed by atoms with Crippen molar-refractivity contribution in [1.29, 1.82) is 0 Å². The summed E-state index contributed by atoms with van der Waals surface area (Å²) in [6, 6.07) is 14.0. The van der Waals surface area contributed by atoms with Gasteiger partial charge < -0.3 is 15.5 Å². The lowest BCUT2D eigenvalue weighted by Crippen LogP contribution is -2.38. The van der Waals surface area contributed by atoms with Crippen LogP contribution >= 0.6 is 24.0 Å². The molecule has 0 unspecified atom stereocenters. The molecule has 5 nitrogen and oxygen atoms in total. The number of nitrogens with zero attached hydrogens (tertiary/aromatic N) is 2.